The number of carbonyl (C=O) groups is 1. The minimum Gasteiger partial charge on any atom is -0.351 e. The second-order valence-corrected chi connectivity index (χ2v) is 9.01. The average molecular weight is 350 g/mol. The van der Waals surface area contributed by atoms with Crippen LogP contribution in [-0.2, 0) is 9.84 Å². The van der Waals surface area contributed by atoms with E-state index in [0.29, 0.717) is 23.5 Å². The van der Waals surface area contributed by atoms with Gasteiger partial charge in [-0.15, -0.1) is 11.3 Å². The molecule has 1 fully saturated rings. The van der Waals surface area contributed by atoms with Crippen molar-refractivity contribution in [1.29, 1.82) is 0 Å². The van der Waals surface area contributed by atoms with Gasteiger partial charge in [0.2, 0.25) is 0 Å². The summed E-state index contributed by atoms with van der Waals surface area (Å²) in [5.74, 6) is 0.243. The number of thiazole rings is 1. The molecule has 1 amide bonds. The molecule has 1 N–H and O–H groups in total. The zero-order valence-electron chi connectivity index (χ0n) is 12.8. The van der Waals surface area contributed by atoms with E-state index in [9.17, 15) is 13.2 Å². The van der Waals surface area contributed by atoms with Gasteiger partial charge in [0.25, 0.3) is 5.91 Å². The van der Waals surface area contributed by atoms with Gasteiger partial charge in [0.15, 0.2) is 9.84 Å². The first-order valence-corrected chi connectivity index (χ1v) is 10.1. The molecular formula is C16H18N2O3S2. The van der Waals surface area contributed by atoms with Crippen LogP contribution in [0.4, 0.5) is 0 Å². The smallest absolute Gasteiger partial charge is 0.263 e. The molecule has 0 spiro atoms. The summed E-state index contributed by atoms with van der Waals surface area (Å²) in [5, 5.41) is 3.67. The summed E-state index contributed by atoms with van der Waals surface area (Å²) in [6, 6.07) is 9.73. The SMILES string of the molecule is Cc1nc(-c2ccccc2)sc1C(=O)NCC1CCS(=O)(=O)C1. The van der Waals surface area contributed by atoms with E-state index >= 15 is 0 Å². The lowest BCUT2D eigenvalue weighted by atomic mass is 10.1. The van der Waals surface area contributed by atoms with E-state index in [2.05, 4.69) is 10.3 Å². The fourth-order valence-corrected chi connectivity index (χ4v) is 5.51. The van der Waals surface area contributed by atoms with Crippen LogP contribution < -0.4 is 5.32 Å². The van der Waals surface area contributed by atoms with Gasteiger partial charge in [0.05, 0.1) is 17.2 Å². The van der Waals surface area contributed by atoms with Crippen LogP contribution in [0.3, 0.4) is 0 Å². The molecule has 1 aromatic heterocycles. The molecular weight excluding hydrogens is 332 g/mol. The molecule has 1 unspecified atom stereocenters. The monoisotopic (exact) mass is 350 g/mol. The van der Waals surface area contributed by atoms with E-state index in [1.165, 1.54) is 11.3 Å². The van der Waals surface area contributed by atoms with Gasteiger partial charge in [0, 0.05) is 12.1 Å². The topological polar surface area (TPSA) is 76.1 Å². The van der Waals surface area contributed by atoms with Gasteiger partial charge >= 0.3 is 0 Å². The van der Waals surface area contributed by atoms with Crippen molar-refractivity contribution in [2.24, 2.45) is 5.92 Å². The Morgan fingerprint density at radius 1 is 1.35 bits per heavy atom. The van der Waals surface area contributed by atoms with E-state index in [0.717, 1.165) is 10.6 Å². The largest absolute Gasteiger partial charge is 0.351 e. The minimum atomic E-state index is -2.91. The van der Waals surface area contributed by atoms with E-state index in [1.54, 1.807) is 0 Å². The predicted molar refractivity (Wildman–Crippen MR) is 91.4 cm³/mol. The van der Waals surface area contributed by atoms with Gasteiger partial charge < -0.3 is 5.32 Å². The molecule has 1 aliphatic heterocycles. The van der Waals surface area contributed by atoms with Crippen LogP contribution in [0, 0.1) is 12.8 Å². The molecule has 2 heterocycles. The van der Waals surface area contributed by atoms with Crippen molar-refractivity contribution in [1.82, 2.24) is 10.3 Å². The Bertz CT molecular complexity index is 813. The van der Waals surface area contributed by atoms with Crippen molar-refractivity contribution < 1.29 is 13.2 Å². The third-order valence-electron chi connectivity index (χ3n) is 3.90. The predicted octanol–water partition coefficient (Wildman–Crippen LogP) is 2.28. The fourth-order valence-electron chi connectivity index (χ4n) is 2.66. The zero-order valence-corrected chi connectivity index (χ0v) is 14.4. The molecule has 1 aromatic carbocycles. The molecule has 7 heteroatoms. The second-order valence-electron chi connectivity index (χ2n) is 5.78. The highest BCUT2D eigenvalue weighted by atomic mass is 32.2. The van der Waals surface area contributed by atoms with Crippen molar-refractivity contribution in [3.05, 3.63) is 40.9 Å². The molecule has 0 saturated carbocycles. The molecule has 23 heavy (non-hydrogen) atoms. The standard InChI is InChI=1S/C16H18N2O3S2/c1-11-14(22-16(18-11)13-5-3-2-4-6-13)15(19)17-9-12-7-8-23(20,21)10-12/h2-6,12H,7-10H2,1H3,(H,17,19). The van der Waals surface area contributed by atoms with Gasteiger partial charge in [-0.2, -0.15) is 0 Å². The Hall–Kier alpha value is -1.73. The maximum absolute atomic E-state index is 12.3. The molecule has 0 bridgehead atoms. The lowest BCUT2D eigenvalue weighted by molar-refractivity contribution is 0.0951. The summed E-state index contributed by atoms with van der Waals surface area (Å²) in [4.78, 5) is 17.4. The van der Waals surface area contributed by atoms with Crippen LogP contribution >= 0.6 is 11.3 Å². The lowest BCUT2D eigenvalue weighted by Gasteiger charge is -2.08. The Balaban J connectivity index is 1.67. The highest BCUT2D eigenvalue weighted by molar-refractivity contribution is 7.91. The first kappa shape index (κ1) is 16.1. The van der Waals surface area contributed by atoms with Crippen molar-refractivity contribution in [2.45, 2.75) is 13.3 Å². The van der Waals surface area contributed by atoms with Crippen LogP contribution in [-0.4, -0.2) is 37.4 Å². The van der Waals surface area contributed by atoms with Gasteiger partial charge in [-0.25, -0.2) is 13.4 Å². The summed E-state index contributed by atoms with van der Waals surface area (Å²) < 4.78 is 22.9. The van der Waals surface area contributed by atoms with Crippen LogP contribution in [0.15, 0.2) is 30.3 Å². The fraction of sp³-hybridized carbons (Fsp3) is 0.375. The lowest BCUT2D eigenvalue weighted by Crippen LogP contribution is -2.29. The van der Waals surface area contributed by atoms with Crippen molar-refractivity contribution in [3.8, 4) is 10.6 Å². The number of sulfone groups is 1. The molecule has 1 aliphatic rings. The third kappa shape index (κ3) is 3.79. The first-order valence-electron chi connectivity index (χ1n) is 7.46. The van der Waals surface area contributed by atoms with Crippen molar-refractivity contribution >= 4 is 27.1 Å². The summed E-state index contributed by atoms with van der Waals surface area (Å²) >= 11 is 1.36. The zero-order chi connectivity index (χ0) is 16.4. The van der Waals surface area contributed by atoms with Gasteiger partial charge in [-0.05, 0) is 19.3 Å². The van der Waals surface area contributed by atoms with Crippen LogP contribution in [0.2, 0.25) is 0 Å². The molecule has 5 nitrogen and oxygen atoms in total. The summed E-state index contributed by atoms with van der Waals surface area (Å²) in [7, 11) is -2.91. The minimum absolute atomic E-state index is 0.0192. The summed E-state index contributed by atoms with van der Waals surface area (Å²) in [5.41, 5.74) is 1.69. The molecule has 0 aliphatic carbocycles. The average Bonchev–Trinajstić information content (AvgIpc) is 3.08. The molecule has 1 atom stereocenters. The highest BCUT2D eigenvalue weighted by Crippen LogP contribution is 2.27. The van der Waals surface area contributed by atoms with Crippen LogP contribution in [0.5, 0.6) is 0 Å². The molecule has 122 valence electrons. The van der Waals surface area contributed by atoms with Crippen molar-refractivity contribution in [2.75, 3.05) is 18.1 Å². The Labute approximate surface area is 139 Å². The Kier molecular flexibility index (Phi) is 4.50. The number of hydrogen-bond acceptors (Lipinski definition) is 5. The molecule has 3 rings (SSSR count). The molecule has 0 radical (unpaired) electrons. The van der Waals surface area contributed by atoms with Crippen LogP contribution in [0.1, 0.15) is 21.8 Å². The Morgan fingerprint density at radius 2 is 2.09 bits per heavy atom. The number of aryl methyl sites for hydroxylation is 1. The summed E-state index contributed by atoms with van der Waals surface area (Å²) in [6.45, 7) is 2.22. The maximum atomic E-state index is 12.3. The number of amides is 1. The number of aromatic nitrogens is 1. The third-order valence-corrected chi connectivity index (χ3v) is 6.94. The van der Waals surface area contributed by atoms with Crippen molar-refractivity contribution in [3.63, 3.8) is 0 Å². The van der Waals surface area contributed by atoms with E-state index < -0.39 is 9.84 Å². The number of nitrogens with one attached hydrogen (secondary N) is 1. The van der Waals surface area contributed by atoms with E-state index in [1.807, 2.05) is 37.3 Å². The maximum Gasteiger partial charge on any atom is 0.263 e. The number of nitrogens with zero attached hydrogens (tertiary/aromatic N) is 1. The van der Waals surface area contributed by atoms with Gasteiger partial charge in [-0.1, -0.05) is 30.3 Å². The quantitative estimate of drug-likeness (QED) is 0.918. The Morgan fingerprint density at radius 3 is 2.74 bits per heavy atom. The van der Waals surface area contributed by atoms with E-state index in [4.69, 9.17) is 0 Å². The second kappa shape index (κ2) is 6.41. The van der Waals surface area contributed by atoms with Gasteiger partial charge in [0.1, 0.15) is 9.88 Å². The molecule has 2 aromatic rings. The first-order chi connectivity index (χ1) is 10.9. The normalized spacial score (nSPS) is 19.6. The summed E-state index contributed by atoms with van der Waals surface area (Å²) in [6.07, 6.45) is 0.625. The molecule has 1 saturated heterocycles. The van der Waals surface area contributed by atoms with Crippen LogP contribution in [0.25, 0.3) is 10.6 Å². The number of benzene rings is 1. The highest BCUT2D eigenvalue weighted by Gasteiger charge is 2.28. The van der Waals surface area contributed by atoms with Gasteiger partial charge in [-0.3, -0.25) is 4.79 Å². The number of hydrogen-bond donors (Lipinski definition) is 1. The number of carbonyl (C=O) groups excluding carboxylic acids is 1. The number of rotatable bonds is 4. The van der Waals surface area contributed by atoms with E-state index in [-0.39, 0.29) is 23.3 Å².